The molecule has 0 saturated carbocycles. The van der Waals surface area contributed by atoms with Crippen molar-refractivity contribution in [1.82, 2.24) is 14.2 Å². The molecular formula is C13H23N3O4S. The molecule has 1 rings (SSSR count). The second-order valence-electron chi connectivity index (χ2n) is 4.82. The van der Waals surface area contributed by atoms with Crippen molar-refractivity contribution in [2.45, 2.75) is 31.7 Å². The molecule has 120 valence electrons. The van der Waals surface area contributed by atoms with Crippen molar-refractivity contribution in [3.05, 3.63) is 18.0 Å². The average Bonchev–Trinajstić information content (AvgIpc) is 2.82. The third-order valence-corrected chi connectivity index (χ3v) is 5.22. The fraction of sp³-hybridized carbons (Fsp3) is 0.615. The van der Waals surface area contributed by atoms with Crippen LogP contribution < -0.4 is 5.32 Å². The van der Waals surface area contributed by atoms with E-state index in [0.29, 0.717) is 13.1 Å². The summed E-state index contributed by atoms with van der Waals surface area (Å²) in [6.07, 6.45) is 1.42. The van der Waals surface area contributed by atoms with Crippen molar-refractivity contribution in [3.8, 4) is 0 Å². The van der Waals surface area contributed by atoms with Crippen molar-refractivity contribution < 1.29 is 18.3 Å². The summed E-state index contributed by atoms with van der Waals surface area (Å²) in [5, 5.41) is 11.5. The van der Waals surface area contributed by atoms with E-state index in [9.17, 15) is 13.2 Å². The number of hydrogen-bond acceptors (Lipinski definition) is 4. The minimum Gasteiger partial charge on any atom is -0.394 e. The van der Waals surface area contributed by atoms with Gasteiger partial charge in [0.05, 0.1) is 6.61 Å². The van der Waals surface area contributed by atoms with Crippen LogP contribution in [0, 0.1) is 0 Å². The highest BCUT2D eigenvalue weighted by atomic mass is 32.2. The molecule has 0 saturated heterocycles. The van der Waals surface area contributed by atoms with Crippen LogP contribution in [0.1, 0.15) is 31.3 Å². The first kappa shape index (κ1) is 17.7. The molecule has 0 aromatic carbocycles. The minimum absolute atomic E-state index is 0.0931. The molecule has 7 nitrogen and oxygen atoms in total. The molecule has 1 heterocycles. The number of carbonyl (C=O) groups is 1. The number of sulfonamides is 1. The summed E-state index contributed by atoms with van der Waals surface area (Å²) in [7, 11) is -1.98. The highest BCUT2D eigenvalue weighted by molar-refractivity contribution is 7.89. The summed E-state index contributed by atoms with van der Waals surface area (Å²) in [6.45, 7) is 5.75. The van der Waals surface area contributed by atoms with Crippen LogP contribution in [-0.4, -0.2) is 54.0 Å². The Kier molecular flexibility index (Phi) is 5.94. The molecule has 0 aliphatic carbocycles. The Morgan fingerprint density at radius 1 is 1.43 bits per heavy atom. The number of nitrogens with one attached hydrogen (secondary N) is 1. The van der Waals surface area contributed by atoms with E-state index in [-0.39, 0.29) is 17.2 Å². The van der Waals surface area contributed by atoms with Crippen LogP contribution in [0.5, 0.6) is 0 Å². The van der Waals surface area contributed by atoms with Crippen molar-refractivity contribution in [2.75, 3.05) is 19.7 Å². The highest BCUT2D eigenvalue weighted by Gasteiger charge is 2.25. The molecule has 2 N–H and O–H groups in total. The Morgan fingerprint density at radius 3 is 2.48 bits per heavy atom. The van der Waals surface area contributed by atoms with E-state index in [1.807, 2.05) is 0 Å². The van der Waals surface area contributed by atoms with Gasteiger partial charge in [-0.1, -0.05) is 13.8 Å². The van der Waals surface area contributed by atoms with E-state index < -0.39 is 22.0 Å². The van der Waals surface area contributed by atoms with E-state index in [1.54, 1.807) is 27.8 Å². The lowest BCUT2D eigenvalue weighted by atomic mass is 10.3. The molecule has 1 amide bonds. The molecule has 1 aromatic rings. The van der Waals surface area contributed by atoms with Gasteiger partial charge in [-0.05, 0) is 13.0 Å². The normalized spacial score (nSPS) is 13.4. The summed E-state index contributed by atoms with van der Waals surface area (Å²) in [5.41, 5.74) is 0.237. The molecule has 0 fully saturated rings. The van der Waals surface area contributed by atoms with E-state index in [0.717, 1.165) is 0 Å². The average molecular weight is 317 g/mol. The maximum absolute atomic E-state index is 12.4. The van der Waals surface area contributed by atoms with Gasteiger partial charge in [0, 0.05) is 32.4 Å². The predicted molar refractivity (Wildman–Crippen MR) is 79.5 cm³/mol. The van der Waals surface area contributed by atoms with Gasteiger partial charge in [-0.3, -0.25) is 4.79 Å². The monoisotopic (exact) mass is 317 g/mol. The number of aromatic nitrogens is 1. The lowest BCUT2D eigenvalue weighted by Gasteiger charge is -2.17. The number of hydrogen-bond donors (Lipinski definition) is 2. The van der Waals surface area contributed by atoms with E-state index in [2.05, 4.69) is 5.32 Å². The van der Waals surface area contributed by atoms with Gasteiger partial charge >= 0.3 is 0 Å². The first-order chi connectivity index (χ1) is 9.77. The van der Waals surface area contributed by atoms with Gasteiger partial charge in [0.2, 0.25) is 10.0 Å². The quantitative estimate of drug-likeness (QED) is 0.750. The summed E-state index contributed by atoms with van der Waals surface area (Å²) in [5.74, 6) is -0.417. The Labute approximate surface area is 125 Å². The number of aryl methyl sites for hydroxylation is 1. The van der Waals surface area contributed by atoms with E-state index in [4.69, 9.17) is 5.11 Å². The molecule has 0 spiro atoms. The van der Waals surface area contributed by atoms with Gasteiger partial charge in [0.15, 0.2) is 0 Å². The fourth-order valence-electron chi connectivity index (χ4n) is 1.96. The number of aliphatic hydroxyl groups excluding tert-OH is 1. The number of amides is 1. The zero-order valence-corrected chi connectivity index (χ0v) is 13.6. The Hall–Kier alpha value is -1.38. The summed E-state index contributed by atoms with van der Waals surface area (Å²) in [6, 6.07) is 0.961. The van der Waals surface area contributed by atoms with Gasteiger partial charge in [-0.15, -0.1) is 0 Å². The number of rotatable bonds is 7. The molecule has 8 heteroatoms. The van der Waals surface area contributed by atoms with Gasteiger partial charge in [0.1, 0.15) is 10.6 Å². The Balaban J connectivity index is 3.10. The summed E-state index contributed by atoms with van der Waals surface area (Å²) < 4.78 is 27.6. The fourth-order valence-corrected chi connectivity index (χ4v) is 3.49. The molecule has 0 aliphatic rings. The van der Waals surface area contributed by atoms with Crippen LogP contribution >= 0.6 is 0 Å². The van der Waals surface area contributed by atoms with Crippen molar-refractivity contribution in [2.24, 2.45) is 7.05 Å². The smallest absolute Gasteiger partial charge is 0.268 e. The Morgan fingerprint density at radius 2 is 2.00 bits per heavy atom. The summed E-state index contributed by atoms with van der Waals surface area (Å²) in [4.78, 5) is 12.1. The molecule has 0 aliphatic heterocycles. The van der Waals surface area contributed by atoms with Gasteiger partial charge in [-0.2, -0.15) is 4.31 Å². The lowest BCUT2D eigenvalue weighted by Crippen LogP contribution is -2.35. The molecule has 0 unspecified atom stereocenters. The zero-order chi connectivity index (χ0) is 16.2. The lowest BCUT2D eigenvalue weighted by molar-refractivity contribution is 0.0914. The number of nitrogens with zero attached hydrogens (tertiary/aromatic N) is 2. The van der Waals surface area contributed by atoms with Crippen LogP contribution in [0.4, 0.5) is 0 Å². The van der Waals surface area contributed by atoms with E-state index >= 15 is 0 Å². The first-order valence-electron chi connectivity index (χ1n) is 6.86. The second-order valence-corrected chi connectivity index (χ2v) is 6.76. The van der Waals surface area contributed by atoms with Crippen LogP contribution in [0.3, 0.4) is 0 Å². The first-order valence-corrected chi connectivity index (χ1v) is 8.30. The summed E-state index contributed by atoms with van der Waals surface area (Å²) >= 11 is 0. The number of aliphatic hydroxyl groups is 1. The van der Waals surface area contributed by atoms with Gasteiger partial charge in [0.25, 0.3) is 5.91 Å². The minimum atomic E-state index is -3.59. The molecule has 0 bridgehead atoms. The van der Waals surface area contributed by atoms with Crippen molar-refractivity contribution >= 4 is 15.9 Å². The molecule has 1 atom stereocenters. The molecule has 21 heavy (non-hydrogen) atoms. The van der Waals surface area contributed by atoms with Crippen molar-refractivity contribution in [3.63, 3.8) is 0 Å². The van der Waals surface area contributed by atoms with Crippen LogP contribution in [0.15, 0.2) is 17.2 Å². The predicted octanol–water partition coefficient (Wildman–Crippen LogP) is 0.166. The molecule has 0 radical (unpaired) electrons. The third kappa shape index (κ3) is 3.84. The van der Waals surface area contributed by atoms with Crippen LogP contribution in [0.2, 0.25) is 0 Å². The van der Waals surface area contributed by atoms with Gasteiger partial charge in [-0.25, -0.2) is 8.42 Å². The van der Waals surface area contributed by atoms with Gasteiger partial charge < -0.3 is 15.0 Å². The molecule has 1 aromatic heterocycles. The maximum atomic E-state index is 12.4. The third-order valence-electron chi connectivity index (χ3n) is 3.21. The number of carbonyl (C=O) groups excluding carboxylic acids is 1. The highest BCUT2D eigenvalue weighted by Crippen LogP contribution is 2.18. The maximum Gasteiger partial charge on any atom is 0.268 e. The van der Waals surface area contributed by atoms with E-state index in [1.165, 1.54) is 21.1 Å². The Bertz CT molecular complexity index is 591. The van der Waals surface area contributed by atoms with Crippen LogP contribution in [0.25, 0.3) is 0 Å². The van der Waals surface area contributed by atoms with Crippen LogP contribution in [-0.2, 0) is 17.1 Å². The molecular weight excluding hydrogens is 294 g/mol. The zero-order valence-electron chi connectivity index (χ0n) is 12.8. The topological polar surface area (TPSA) is 91.6 Å². The van der Waals surface area contributed by atoms with Crippen molar-refractivity contribution in [1.29, 1.82) is 0 Å². The second kappa shape index (κ2) is 7.06. The standard InChI is InChI=1S/C13H23N3O4S/c1-5-16(6-2)21(19,20)11-7-12(15(4)8-11)13(18)14-10(3)9-17/h7-8,10,17H,5-6,9H2,1-4H3,(H,14,18)/t10-/m0/s1. The SMILES string of the molecule is CCN(CC)S(=O)(=O)c1cc(C(=O)N[C@@H](C)CO)n(C)c1. The largest absolute Gasteiger partial charge is 0.394 e.